The molecule has 2 amide bonds. The standard InChI is InChI=1S/C16H27N3O2S/c1-6-8-19(9-7-2)13(20)10-12-11-22-15(17-12)18-14(21)16(3,4)5/h11H,6-10H2,1-5H3,(H,17,18,21). The highest BCUT2D eigenvalue weighted by Crippen LogP contribution is 2.21. The van der Waals surface area contributed by atoms with Crippen LogP contribution < -0.4 is 5.32 Å². The number of amides is 2. The zero-order valence-electron chi connectivity index (χ0n) is 14.2. The summed E-state index contributed by atoms with van der Waals surface area (Å²) in [5.41, 5.74) is 0.261. The maximum absolute atomic E-state index is 12.3. The van der Waals surface area contributed by atoms with Gasteiger partial charge in [0, 0.05) is 23.9 Å². The largest absolute Gasteiger partial charge is 0.342 e. The molecule has 0 saturated heterocycles. The number of thiazole rings is 1. The van der Waals surface area contributed by atoms with Gasteiger partial charge in [0.2, 0.25) is 11.8 Å². The normalized spacial score (nSPS) is 11.3. The fourth-order valence-corrected chi connectivity index (χ4v) is 2.60. The highest BCUT2D eigenvalue weighted by atomic mass is 32.1. The highest BCUT2D eigenvalue weighted by molar-refractivity contribution is 7.13. The number of nitrogens with zero attached hydrogens (tertiary/aromatic N) is 2. The molecule has 0 radical (unpaired) electrons. The van der Waals surface area contributed by atoms with Gasteiger partial charge in [-0.3, -0.25) is 9.59 Å². The Hall–Kier alpha value is -1.43. The van der Waals surface area contributed by atoms with E-state index in [2.05, 4.69) is 24.1 Å². The molecular weight excluding hydrogens is 298 g/mol. The van der Waals surface area contributed by atoms with Crippen LogP contribution in [-0.2, 0) is 16.0 Å². The third-order valence-electron chi connectivity index (χ3n) is 3.13. The molecule has 22 heavy (non-hydrogen) atoms. The first-order valence-electron chi connectivity index (χ1n) is 7.81. The predicted octanol–water partition coefficient (Wildman–Crippen LogP) is 3.32. The van der Waals surface area contributed by atoms with E-state index in [0.29, 0.717) is 11.6 Å². The second kappa shape index (κ2) is 8.27. The van der Waals surface area contributed by atoms with Gasteiger partial charge in [-0.25, -0.2) is 4.98 Å². The highest BCUT2D eigenvalue weighted by Gasteiger charge is 2.22. The van der Waals surface area contributed by atoms with Gasteiger partial charge in [-0.1, -0.05) is 34.6 Å². The van der Waals surface area contributed by atoms with Crippen LogP contribution in [0.15, 0.2) is 5.38 Å². The lowest BCUT2D eigenvalue weighted by Gasteiger charge is -2.20. The topological polar surface area (TPSA) is 62.3 Å². The fourth-order valence-electron chi connectivity index (χ4n) is 1.90. The molecule has 0 saturated carbocycles. The van der Waals surface area contributed by atoms with Gasteiger partial charge in [0.1, 0.15) is 0 Å². The molecular formula is C16H27N3O2S. The van der Waals surface area contributed by atoms with E-state index in [9.17, 15) is 9.59 Å². The average molecular weight is 325 g/mol. The maximum atomic E-state index is 12.3. The third kappa shape index (κ3) is 5.75. The fraction of sp³-hybridized carbons (Fsp3) is 0.688. The molecule has 124 valence electrons. The molecule has 0 aromatic carbocycles. The molecule has 0 spiro atoms. The van der Waals surface area contributed by atoms with Crippen molar-refractivity contribution < 1.29 is 9.59 Å². The van der Waals surface area contributed by atoms with Gasteiger partial charge >= 0.3 is 0 Å². The number of hydrogen-bond donors (Lipinski definition) is 1. The number of hydrogen-bond acceptors (Lipinski definition) is 4. The second-order valence-electron chi connectivity index (χ2n) is 6.41. The van der Waals surface area contributed by atoms with E-state index >= 15 is 0 Å². The van der Waals surface area contributed by atoms with Gasteiger partial charge < -0.3 is 10.2 Å². The molecule has 0 fully saturated rings. The van der Waals surface area contributed by atoms with Crippen LogP contribution in [0.25, 0.3) is 0 Å². The summed E-state index contributed by atoms with van der Waals surface area (Å²) >= 11 is 1.36. The van der Waals surface area contributed by atoms with Crippen LogP contribution in [0.2, 0.25) is 0 Å². The van der Waals surface area contributed by atoms with Gasteiger partial charge in [0.25, 0.3) is 0 Å². The molecule has 1 rings (SSSR count). The SMILES string of the molecule is CCCN(CCC)C(=O)Cc1csc(NC(=O)C(C)(C)C)n1. The molecule has 1 aromatic rings. The Kier molecular flexibility index (Phi) is 7.00. The first-order chi connectivity index (χ1) is 10.3. The van der Waals surface area contributed by atoms with E-state index in [1.54, 1.807) is 0 Å². The van der Waals surface area contributed by atoms with Crippen molar-refractivity contribution >= 4 is 28.3 Å². The molecule has 0 atom stereocenters. The number of carbonyl (C=O) groups is 2. The first-order valence-corrected chi connectivity index (χ1v) is 8.69. The number of anilines is 1. The summed E-state index contributed by atoms with van der Waals surface area (Å²) in [6, 6.07) is 0. The van der Waals surface area contributed by atoms with E-state index in [0.717, 1.165) is 31.6 Å². The molecule has 0 aliphatic heterocycles. The van der Waals surface area contributed by atoms with Gasteiger partial charge in [-0.15, -0.1) is 11.3 Å². The number of carbonyl (C=O) groups excluding carboxylic acids is 2. The van der Waals surface area contributed by atoms with Gasteiger partial charge in [0.05, 0.1) is 12.1 Å². The number of rotatable bonds is 7. The molecule has 1 heterocycles. The van der Waals surface area contributed by atoms with Crippen LogP contribution in [0.3, 0.4) is 0 Å². The minimum Gasteiger partial charge on any atom is -0.342 e. The Morgan fingerprint density at radius 2 is 1.82 bits per heavy atom. The monoisotopic (exact) mass is 325 g/mol. The van der Waals surface area contributed by atoms with Crippen LogP contribution in [0.4, 0.5) is 5.13 Å². The lowest BCUT2D eigenvalue weighted by molar-refractivity contribution is -0.130. The summed E-state index contributed by atoms with van der Waals surface area (Å²) in [4.78, 5) is 30.4. The minimum atomic E-state index is -0.458. The van der Waals surface area contributed by atoms with Crippen LogP contribution in [0.5, 0.6) is 0 Å². The summed E-state index contributed by atoms with van der Waals surface area (Å²) in [6.45, 7) is 11.3. The Bertz CT molecular complexity index is 500. The molecule has 1 aromatic heterocycles. The van der Waals surface area contributed by atoms with Crippen LogP contribution >= 0.6 is 11.3 Å². The van der Waals surface area contributed by atoms with Crippen molar-refractivity contribution in [2.45, 2.75) is 53.9 Å². The quantitative estimate of drug-likeness (QED) is 0.836. The Morgan fingerprint density at radius 1 is 1.23 bits per heavy atom. The van der Waals surface area contributed by atoms with E-state index < -0.39 is 5.41 Å². The van der Waals surface area contributed by atoms with Crippen molar-refractivity contribution in [2.75, 3.05) is 18.4 Å². The van der Waals surface area contributed by atoms with Gasteiger partial charge in [-0.05, 0) is 12.8 Å². The molecule has 0 bridgehead atoms. The lowest BCUT2D eigenvalue weighted by atomic mass is 9.96. The second-order valence-corrected chi connectivity index (χ2v) is 7.26. The van der Waals surface area contributed by atoms with Crippen molar-refractivity contribution in [2.24, 2.45) is 5.41 Å². The van der Waals surface area contributed by atoms with Crippen molar-refractivity contribution in [1.29, 1.82) is 0 Å². The zero-order chi connectivity index (χ0) is 16.8. The van der Waals surface area contributed by atoms with Gasteiger partial charge in [-0.2, -0.15) is 0 Å². The summed E-state index contributed by atoms with van der Waals surface area (Å²) in [5, 5.41) is 5.19. The summed E-state index contributed by atoms with van der Waals surface area (Å²) in [7, 11) is 0. The Labute approximate surface area is 137 Å². The molecule has 0 unspecified atom stereocenters. The van der Waals surface area contributed by atoms with E-state index in [4.69, 9.17) is 0 Å². The minimum absolute atomic E-state index is 0.0710. The Morgan fingerprint density at radius 3 is 2.32 bits per heavy atom. The van der Waals surface area contributed by atoms with Crippen LogP contribution in [-0.4, -0.2) is 34.8 Å². The smallest absolute Gasteiger partial charge is 0.231 e. The maximum Gasteiger partial charge on any atom is 0.231 e. The summed E-state index contributed by atoms with van der Waals surface area (Å²) in [6.07, 6.45) is 2.20. The Balaban J connectivity index is 2.64. The molecule has 5 nitrogen and oxygen atoms in total. The molecule has 1 N–H and O–H groups in total. The lowest BCUT2D eigenvalue weighted by Crippen LogP contribution is -2.33. The summed E-state index contributed by atoms with van der Waals surface area (Å²) in [5.74, 6) is 0.0287. The third-order valence-corrected chi connectivity index (χ3v) is 3.93. The van der Waals surface area contributed by atoms with Crippen molar-refractivity contribution in [3.8, 4) is 0 Å². The first kappa shape index (κ1) is 18.6. The number of aromatic nitrogens is 1. The van der Waals surface area contributed by atoms with E-state index in [1.807, 2.05) is 31.1 Å². The number of nitrogens with one attached hydrogen (secondary N) is 1. The molecule has 0 aliphatic rings. The van der Waals surface area contributed by atoms with E-state index in [-0.39, 0.29) is 11.8 Å². The van der Waals surface area contributed by atoms with E-state index in [1.165, 1.54) is 11.3 Å². The zero-order valence-corrected chi connectivity index (χ0v) is 15.0. The van der Waals surface area contributed by atoms with Crippen molar-refractivity contribution in [3.63, 3.8) is 0 Å². The summed E-state index contributed by atoms with van der Waals surface area (Å²) < 4.78 is 0. The van der Waals surface area contributed by atoms with Crippen LogP contribution in [0.1, 0.15) is 53.2 Å². The van der Waals surface area contributed by atoms with Gasteiger partial charge in [0.15, 0.2) is 5.13 Å². The molecule has 0 aliphatic carbocycles. The van der Waals surface area contributed by atoms with Crippen molar-refractivity contribution in [1.82, 2.24) is 9.88 Å². The average Bonchev–Trinajstić information content (AvgIpc) is 2.84. The molecule has 6 heteroatoms. The van der Waals surface area contributed by atoms with Crippen LogP contribution in [0, 0.1) is 5.41 Å². The predicted molar refractivity (Wildman–Crippen MR) is 91.1 cm³/mol. The van der Waals surface area contributed by atoms with Crippen molar-refractivity contribution in [3.05, 3.63) is 11.1 Å².